The molecule has 2 amide bonds. The van der Waals surface area contributed by atoms with Crippen LogP contribution in [0.25, 0.3) is 0 Å². The van der Waals surface area contributed by atoms with Gasteiger partial charge in [-0.25, -0.2) is 4.79 Å². The van der Waals surface area contributed by atoms with Gasteiger partial charge >= 0.3 is 6.03 Å². The summed E-state index contributed by atoms with van der Waals surface area (Å²) in [7, 11) is 0. The number of carbonyl (C=O) groups excluding carboxylic acids is 1. The van der Waals surface area contributed by atoms with Gasteiger partial charge in [-0.1, -0.05) is 12.8 Å². The number of hydrogen-bond acceptors (Lipinski definition) is 1. The van der Waals surface area contributed by atoms with E-state index >= 15 is 0 Å². The molecule has 2 aliphatic rings. The highest BCUT2D eigenvalue weighted by molar-refractivity contribution is 5.74. The van der Waals surface area contributed by atoms with E-state index < -0.39 is 0 Å². The Morgan fingerprint density at radius 1 is 1.21 bits per heavy atom. The summed E-state index contributed by atoms with van der Waals surface area (Å²) >= 11 is 0. The predicted molar refractivity (Wildman–Crippen MR) is 56.1 cm³/mol. The third kappa shape index (κ3) is 2.63. The van der Waals surface area contributed by atoms with Gasteiger partial charge < -0.3 is 10.6 Å². The molecule has 0 spiro atoms. The van der Waals surface area contributed by atoms with Gasteiger partial charge in [-0.05, 0) is 38.5 Å². The van der Waals surface area contributed by atoms with E-state index in [1.165, 1.54) is 25.7 Å². The van der Waals surface area contributed by atoms with Crippen LogP contribution in [0, 0.1) is 5.92 Å². The second-order valence-corrected chi connectivity index (χ2v) is 4.73. The van der Waals surface area contributed by atoms with E-state index in [4.69, 9.17) is 0 Å². The predicted octanol–water partition coefficient (Wildman–Crippen LogP) is 2.03. The average Bonchev–Trinajstić information content (AvgIpc) is 2.80. The summed E-state index contributed by atoms with van der Waals surface area (Å²) in [4.78, 5) is 11.4. The van der Waals surface area contributed by atoms with E-state index in [-0.39, 0.29) is 6.03 Å². The van der Waals surface area contributed by atoms with Crippen molar-refractivity contribution in [3.05, 3.63) is 0 Å². The molecular formula is C11H20N2O. The molecule has 0 radical (unpaired) electrons. The quantitative estimate of drug-likeness (QED) is 0.712. The average molecular weight is 196 g/mol. The first kappa shape index (κ1) is 9.81. The molecular weight excluding hydrogens is 176 g/mol. The maximum Gasteiger partial charge on any atom is 0.315 e. The van der Waals surface area contributed by atoms with Crippen molar-refractivity contribution in [2.24, 2.45) is 5.92 Å². The summed E-state index contributed by atoms with van der Waals surface area (Å²) in [5.41, 5.74) is 0. The lowest BCUT2D eigenvalue weighted by Crippen LogP contribution is -2.44. The zero-order chi connectivity index (χ0) is 9.97. The van der Waals surface area contributed by atoms with Crippen molar-refractivity contribution in [3.8, 4) is 0 Å². The van der Waals surface area contributed by atoms with Gasteiger partial charge in [0.2, 0.25) is 0 Å². The largest absolute Gasteiger partial charge is 0.335 e. The molecule has 0 heterocycles. The molecule has 14 heavy (non-hydrogen) atoms. The summed E-state index contributed by atoms with van der Waals surface area (Å²) in [6.45, 7) is 2.13. The lowest BCUT2D eigenvalue weighted by molar-refractivity contribution is 0.232. The molecule has 2 N–H and O–H groups in total. The van der Waals surface area contributed by atoms with E-state index in [1.54, 1.807) is 0 Å². The van der Waals surface area contributed by atoms with E-state index in [0.717, 1.165) is 12.8 Å². The molecule has 0 aromatic rings. The van der Waals surface area contributed by atoms with Crippen LogP contribution in [0.1, 0.15) is 45.4 Å². The molecule has 1 unspecified atom stereocenters. The van der Waals surface area contributed by atoms with Gasteiger partial charge in [-0.15, -0.1) is 0 Å². The lowest BCUT2D eigenvalue weighted by Gasteiger charge is -2.20. The Kier molecular flexibility index (Phi) is 2.94. The summed E-state index contributed by atoms with van der Waals surface area (Å²) in [6, 6.07) is 0.842. The molecule has 0 aromatic heterocycles. The number of hydrogen-bond donors (Lipinski definition) is 2. The molecule has 0 aromatic carbocycles. The normalized spacial score (nSPS) is 24.6. The minimum Gasteiger partial charge on any atom is -0.335 e. The van der Waals surface area contributed by atoms with Crippen LogP contribution >= 0.6 is 0 Å². The molecule has 0 aliphatic heterocycles. The standard InChI is InChI=1S/C11H20N2O/c1-8(9-4-2-3-5-9)12-11(14)13-10-6-7-10/h8-10H,2-7H2,1H3,(H2,12,13,14). The number of carbonyl (C=O) groups is 1. The van der Waals surface area contributed by atoms with Crippen LogP contribution < -0.4 is 10.6 Å². The van der Waals surface area contributed by atoms with Gasteiger partial charge in [0.15, 0.2) is 0 Å². The first-order chi connectivity index (χ1) is 6.75. The number of rotatable bonds is 3. The van der Waals surface area contributed by atoms with Crippen molar-refractivity contribution in [2.45, 2.75) is 57.5 Å². The zero-order valence-electron chi connectivity index (χ0n) is 8.88. The molecule has 2 saturated carbocycles. The van der Waals surface area contributed by atoms with Gasteiger partial charge in [0.1, 0.15) is 0 Å². The highest BCUT2D eigenvalue weighted by Gasteiger charge is 2.26. The fraction of sp³-hybridized carbons (Fsp3) is 0.909. The molecule has 80 valence electrons. The van der Waals surface area contributed by atoms with Crippen molar-refractivity contribution in [2.75, 3.05) is 0 Å². The highest BCUT2D eigenvalue weighted by Crippen LogP contribution is 2.27. The molecule has 3 nitrogen and oxygen atoms in total. The Hall–Kier alpha value is -0.730. The third-order valence-corrected chi connectivity index (χ3v) is 3.38. The van der Waals surface area contributed by atoms with Crippen molar-refractivity contribution in [3.63, 3.8) is 0 Å². The summed E-state index contributed by atoms with van der Waals surface area (Å²) in [5.74, 6) is 0.708. The third-order valence-electron chi connectivity index (χ3n) is 3.38. The minimum atomic E-state index is 0.0342. The van der Waals surface area contributed by atoms with Crippen molar-refractivity contribution < 1.29 is 4.79 Å². The fourth-order valence-corrected chi connectivity index (χ4v) is 2.24. The molecule has 2 fully saturated rings. The Labute approximate surface area is 85.6 Å². The molecule has 3 heteroatoms. The van der Waals surface area contributed by atoms with Crippen molar-refractivity contribution >= 4 is 6.03 Å². The van der Waals surface area contributed by atoms with Crippen LogP contribution in [0.2, 0.25) is 0 Å². The molecule has 0 bridgehead atoms. The molecule has 0 saturated heterocycles. The maximum absolute atomic E-state index is 11.4. The second-order valence-electron chi connectivity index (χ2n) is 4.73. The van der Waals surface area contributed by atoms with E-state index in [2.05, 4.69) is 17.6 Å². The first-order valence-electron chi connectivity index (χ1n) is 5.83. The first-order valence-corrected chi connectivity index (χ1v) is 5.83. The Balaban J connectivity index is 1.69. The monoisotopic (exact) mass is 196 g/mol. The lowest BCUT2D eigenvalue weighted by atomic mass is 10.0. The number of nitrogens with one attached hydrogen (secondary N) is 2. The number of amides is 2. The second kappa shape index (κ2) is 4.20. The van der Waals surface area contributed by atoms with Crippen molar-refractivity contribution in [1.29, 1.82) is 0 Å². The Morgan fingerprint density at radius 2 is 1.86 bits per heavy atom. The zero-order valence-corrected chi connectivity index (χ0v) is 8.88. The van der Waals surface area contributed by atoms with Crippen LogP contribution in [-0.4, -0.2) is 18.1 Å². The maximum atomic E-state index is 11.4. The van der Waals surface area contributed by atoms with Gasteiger partial charge in [0.25, 0.3) is 0 Å². The van der Waals surface area contributed by atoms with Crippen LogP contribution in [0.15, 0.2) is 0 Å². The fourth-order valence-electron chi connectivity index (χ4n) is 2.24. The SMILES string of the molecule is CC(NC(=O)NC1CC1)C1CCCC1. The summed E-state index contributed by atoms with van der Waals surface area (Å²) < 4.78 is 0. The van der Waals surface area contributed by atoms with E-state index in [1.807, 2.05) is 0 Å². The van der Waals surface area contributed by atoms with E-state index in [9.17, 15) is 4.79 Å². The van der Waals surface area contributed by atoms with Crippen molar-refractivity contribution in [1.82, 2.24) is 10.6 Å². The number of urea groups is 1. The molecule has 1 atom stereocenters. The van der Waals surface area contributed by atoms with Gasteiger partial charge in [0, 0.05) is 12.1 Å². The van der Waals surface area contributed by atoms with E-state index in [0.29, 0.717) is 18.0 Å². The van der Waals surface area contributed by atoms with Crippen LogP contribution in [-0.2, 0) is 0 Å². The molecule has 2 aliphatic carbocycles. The van der Waals surface area contributed by atoms with Gasteiger partial charge in [-0.2, -0.15) is 0 Å². The van der Waals surface area contributed by atoms with Gasteiger partial charge in [-0.3, -0.25) is 0 Å². The van der Waals surface area contributed by atoms with Crippen LogP contribution in [0.5, 0.6) is 0 Å². The summed E-state index contributed by atoms with van der Waals surface area (Å²) in [6.07, 6.45) is 7.55. The highest BCUT2D eigenvalue weighted by atomic mass is 16.2. The summed E-state index contributed by atoms with van der Waals surface area (Å²) in [5, 5.41) is 6.00. The Bertz CT molecular complexity index is 207. The van der Waals surface area contributed by atoms with Crippen LogP contribution in [0.4, 0.5) is 4.79 Å². The Morgan fingerprint density at radius 3 is 2.43 bits per heavy atom. The minimum absolute atomic E-state index is 0.0342. The van der Waals surface area contributed by atoms with Crippen LogP contribution in [0.3, 0.4) is 0 Å². The molecule has 2 rings (SSSR count). The van der Waals surface area contributed by atoms with Gasteiger partial charge in [0.05, 0.1) is 0 Å². The smallest absolute Gasteiger partial charge is 0.315 e. The topological polar surface area (TPSA) is 41.1 Å².